The number of likely N-dealkylation sites (tertiary alicyclic amines) is 1. The van der Waals surface area contributed by atoms with E-state index in [1.165, 1.54) is 32.1 Å². The molecule has 1 unspecified atom stereocenters. The second kappa shape index (κ2) is 6.50. The van der Waals surface area contributed by atoms with Crippen LogP contribution in [0.4, 0.5) is 0 Å². The van der Waals surface area contributed by atoms with Crippen LogP contribution in [0.15, 0.2) is 24.3 Å². The molecule has 2 fully saturated rings. The van der Waals surface area contributed by atoms with Gasteiger partial charge in [0.2, 0.25) is 5.91 Å². The Morgan fingerprint density at radius 2 is 1.90 bits per heavy atom. The summed E-state index contributed by atoms with van der Waals surface area (Å²) in [5.74, 6) is 1.41. The molecule has 1 atom stereocenters. The molecule has 0 spiro atoms. The second-order valence-electron chi connectivity index (χ2n) is 6.33. The van der Waals surface area contributed by atoms with Crippen LogP contribution in [0, 0.1) is 5.92 Å². The normalized spacial score (nSPS) is 23.6. The van der Waals surface area contributed by atoms with Gasteiger partial charge in [-0.2, -0.15) is 0 Å². The first-order valence-electron chi connectivity index (χ1n) is 8.22. The van der Waals surface area contributed by atoms with Crippen LogP contribution in [0.3, 0.4) is 0 Å². The average Bonchev–Trinajstić information content (AvgIpc) is 2.90. The molecular weight excluding hydrogens is 262 g/mol. The van der Waals surface area contributed by atoms with E-state index in [1.807, 2.05) is 18.2 Å². The summed E-state index contributed by atoms with van der Waals surface area (Å²) >= 11 is 0. The van der Waals surface area contributed by atoms with Crippen molar-refractivity contribution in [2.24, 2.45) is 5.92 Å². The van der Waals surface area contributed by atoms with E-state index in [1.54, 1.807) is 7.11 Å². The Kier molecular flexibility index (Phi) is 4.47. The number of ether oxygens (including phenoxy) is 1. The SMILES string of the molecule is COc1ccccc1CC1CCN(C2CCCCC2)C1=O. The number of hydrogen-bond acceptors (Lipinski definition) is 2. The number of amides is 1. The van der Waals surface area contributed by atoms with Crippen molar-refractivity contribution in [1.82, 2.24) is 4.90 Å². The lowest BCUT2D eigenvalue weighted by atomic mass is 9.94. The average molecular weight is 287 g/mol. The van der Waals surface area contributed by atoms with Gasteiger partial charge in [0.1, 0.15) is 5.75 Å². The van der Waals surface area contributed by atoms with Crippen molar-refractivity contribution < 1.29 is 9.53 Å². The number of para-hydroxylation sites is 1. The lowest BCUT2D eigenvalue weighted by molar-refractivity contribution is -0.133. The van der Waals surface area contributed by atoms with Gasteiger partial charge in [-0.3, -0.25) is 4.79 Å². The van der Waals surface area contributed by atoms with Gasteiger partial charge < -0.3 is 9.64 Å². The van der Waals surface area contributed by atoms with E-state index in [2.05, 4.69) is 11.0 Å². The minimum atomic E-state index is 0.142. The van der Waals surface area contributed by atoms with Crippen molar-refractivity contribution in [3.05, 3.63) is 29.8 Å². The van der Waals surface area contributed by atoms with Gasteiger partial charge in [0.25, 0.3) is 0 Å². The summed E-state index contributed by atoms with van der Waals surface area (Å²) in [5, 5.41) is 0. The van der Waals surface area contributed by atoms with Crippen LogP contribution in [-0.2, 0) is 11.2 Å². The summed E-state index contributed by atoms with van der Waals surface area (Å²) in [6.07, 6.45) is 8.11. The maximum absolute atomic E-state index is 12.7. The molecule has 1 aromatic carbocycles. The molecule has 1 saturated carbocycles. The van der Waals surface area contributed by atoms with Crippen LogP contribution in [0.5, 0.6) is 5.75 Å². The number of benzene rings is 1. The first-order chi connectivity index (χ1) is 10.3. The van der Waals surface area contributed by atoms with Gasteiger partial charge in [0.15, 0.2) is 0 Å². The fourth-order valence-electron chi connectivity index (χ4n) is 3.84. The van der Waals surface area contributed by atoms with E-state index in [0.717, 1.165) is 30.7 Å². The summed E-state index contributed by atoms with van der Waals surface area (Å²) in [4.78, 5) is 14.9. The van der Waals surface area contributed by atoms with Crippen molar-refractivity contribution in [3.63, 3.8) is 0 Å². The van der Waals surface area contributed by atoms with E-state index in [9.17, 15) is 4.79 Å². The van der Waals surface area contributed by atoms with E-state index in [4.69, 9.17) is 4.74 Å². The van der Waals surface area contributed by atoms with E-state index >= 15 is 0 Å². The molecule has 0 aromatic heterocycles. The van der Waals surface area contributed by atoms with Crippen LogP contribution in [0.25, 0.3) is 0 Å². The predicted octanol–water partition coefficient (Wildman–Crippen LogP) is 3.42. The number of hydrogen-bond donors (Lipinski definition) is 0. The largest absolute Gasteiger partial charge is 0.496 e. The molecule has 1 aliphatic carbocycles. The molecule has 1 heterocycles. The molecule has 114 valence electrons. The van der Waals surface area contributed by atoms with Gasteiger partial charge in [0, 0.05) is 18.5 Å². The van der Waals surface area contributed by atoms with Gasteiger partial charge in [0.05, 0.1) is 7.11 Å². The van der Waals surface area contributed by atoms with E-state index in [-0.39, 0.29) is 5.92 Å². The highest BCUT2D eigenvalue weighted by atomic mass is 16.5. The summed E-state index contributed by atoms with van der Waals surface area (Å²) < 4.78 is 5.41. The summed E-state index contributed by atoms with van der Waals surface area (Å²) in [6, 6.07) is 8.57. The first kappa shape index (κ1) is 14.4. The van der Waals surface area contributed by atoms with Crippen molar-refractivity contribution in [2.45, 2.75) is 51.0 Å². The molecular formula is C18H25NO2. The Morgan fingerprint density at radius 1 is 1.14 bits per heavy atom. The lowest BCUT2D eigenvalue weighted by Gasteiger charge is -2.31. The molecule has 0 radical (unpaired) electrons. The molecule has 0 bridgehead atoms. The minimum absolute atomic E-state index is 0.142. The quantitative estimate of drug-likeness (QED) is 0.849. The number of methoxy groups -OCH3 is 1. The molecule has 1 amide bonds. The van der Waals surface area contributed by atoms with Crippen LogP contribution in [0.2, 0.25) is 0 Å². The summed E-state index contributed by atoms with van der Waals surface area (Å²) in [5.41, 5.74) is 1.16. The zero-order chi connectivity index (χ0) is 14.7. The highest BCUT2D eigenvalue weighted by Gasteiger charge is 2.36. The Morgan fingerprint density at radius 3 is 2.67 bits per heavy atom. The van der Waals surface area contributed by atoms with E-state index < -0.39 is 0 Å². The van der Waals surface area contributed by atoms with Gasteiger partial charge in [-0.05, 0) is 37.3 Å². The number of rotatable bonds is 4. The zero-order valence-electron chi connectivity index (χ0n) is 12.9. The lowest BCUT2D eigenvalue weighted by Crippen LogP contribution is -2.39. The predicted molar refractivity (Wildman–Crippen MR) is 83.4 cm³/mol. The molecule has 1 aliphatic heterocycles. The van der Waals surface area contributed by atoms with E-state index in [0.29, 0.717) is 11.9 Å². The Labute approximate surface area is 127 Å². The fraction of sp³-hybridized carbons (Fsp3) is 0.611. The Bertz CT molecular complexity index is 494. The topological polar surface area (TPSA) is 29.5 Å². The van der Waals surface area contributed by atoms with Crippen LogP contribution in [0.1, 0.15) is 44.1 Å². The summed E-state index contributed by atoms with van der Waals surface area (Å²) in [7, 11) is 1.70. The minimum Gasteiger partial charge on any atom is -0.496 e. The van der Waals surface area contributed by atoms with Gasteiger partial charge >= 0.3 is 0 Å². The van der Waals surface area contributed by atoms with Crippen molar-refractivity contribution in [2.75, 3.05) is 13.7 Å². The molecule has 2 aliphatic rings. The molecule has 1 saturated heterocycles. The molecule has 21 heavy (non-hydrogen) atoms. The third-order valence-corrected chi connectivity index (χ3v) is 5.03. The van der Waals surface area contributed by atoms with Crippen LogP contribution >= 0.6 is 0 Å². The van der Waals surface area contributed by atoms with Crippen molar-refractivity contribution in [1.29, 1.82) is 0 Å². The molecule has 3 heteroatoms. The highest BCUT2D eigenvalue weighted by molar-refractivity contribution is 5.81. The fourth-order valence-corrected chi connectivity index (χ4v) is 3.84. The monoisotopic (exact) mass is 287 g/mol. The third kappa shape index (κ3) is 3.07. The third-order valence-electron chi connectivity index (χ3n) is 5.03. The van der Waals surface area contributed by atoms with Gasteiger partial charge in [-0.15, -0.1) is 0 Å². The van der Waals surface area contributed by atoms with Crippen molar-refractivity contribution in [3.8, 4) is 5.75 Å². The maximum Gasteiger partial charge on any atom is 0.226 e. The molecule has 3 nitrogen and oxygen atoms in total. The van der Waals surface area contributed by atoms with Gasteiger partial charge in [-0.1, -0.05) is 37.5 Å². The molecule has 3 rings (SSSR count). The number of carbonyl (C=O) groups excluding carboxylic acids is 1. The van der Waals surface area contributed by atoms with Gasteiger partial charge in [-0.25, -0.2) is 0 Å². The zero-order valence-corrected chi connectivity index (χ0v) is 12.9. The van der Waals surface area contributed by atoms with Crippen LogP contribution < -0.4 is 4.74 Å². The number of carbonyl (C=O) groups is 1. The smallest absolute Gasteiger partial charge is 0.226 e. The van der Waals surface area contributed by atoms with Crippen molar-refractivity contribution >= 4 is 5.91 Å². The Hall–Kier alpha value is -1.51. The maximum atomic E-state index is 12.7. The highest BCUT2D eigenvalue weighted by Crippen LogP contribution is 2.31. The Balaban J connectivity index is 1.66. The standard InChI is InChI=1S/C18H25NO2/c1-21-17-10-6-5-7-14(17)13-15-11-12-19(18(15)20)16-8-3-2-4-9-16/h5-7,10,15-16H,2-4,8-9,11-13H2,1H3. The summed E-state index contributed by atoms with van der Waals surface area (Å²) in [6.45, 7) is 0.948. The molecule has 1 aromatic rings. The van der Waals surface area contributed by atoms with Crippen LogP contribution in [-0.4, -0.2) is 30.5 Å². The first-order valence-corrected chi connectivity index (χ1v) is 8.22. The second-order valence-corrected chi connectivity index (χ2v) is 6.33. The number of nitrogens with zero attached hydrogens (tertiary/aromatic N) is 1. The molecule has 0 N–H and O–H groups in total.